The van der Waals surface area contributed by atoms with Crippen molar-refractivity contribution in [1.29, 1.82) is 0 Å². The molecule has 0 unspecified atom stereocenters. The van der Waals surface area contributed by atoms with E-state index in [0.29, 0.717) is 26.8 Å². The number of halogens is 2. The Hall–Kier alpha value is -2.38. The fourth-order valence-corrected chi connectivity index (χ4v) is 2.71. The second-order valence-electron chi connectivity index (χ2n) is 4.44. The van der Waals surface area contributed by atoms with E-state index in [2.05, 4.69) is 15.0 Å². The maximum Gasteiger partial charge on any atom is 0.323 e. The van der Waals surface area contributed by atoms with Gasteiger partial charge in [-0.05, 0) is 12.1 Å². The van der Waals surface area contributed by atoms with E-state index in [1.54, 1.807) is 18.2 Å². The summed E-state index contributed by atoms with van der Waals surface area (Å²) in [7, 11) is 0. The van der Waals surface area contributed by atoms with E-state index >= 15 is 0 Å². The summed E-state index contributed by atoms with van der Waals surface area (Å²) in [4.78, 5) is 23.4. The molecular weight excluding hydrogens is 329 g/mol. The summed E-state index contributed by atoms with van der Waals surface area (Å²) in [6, 6.07) is 4.97. The van der Waals surface area contributed by atoms with Gasteiger partial charge in [0.1, 0.15) is 18.7 Å². The van der Waals surface area contributed by atoms with Gasteiger partial charge in [-0.15, -0.1) is 0 Å². The molecule has 0 fully saturated rings. The molecular formula is C13H9Cl2N5O2. The number of benzene rings is 1. The van der Waals surface area contributed by atoms with Gasteiger partial charge in [0.2, 0.25) is 0 Å². The molecule has 0 saturated heterocycles. The number of aliphatic carboxylic acids is 1. The van der Waals surface area contributed by atoms with Crippen molar-refractivity contribution in [3.63, 3.8) is 0 Å². The summed E-state index contributed by atoms with van der Waals surface area (Å²) in [5.74, 6) is -0.625. The number of rotatable bonds is 3. The first-order valence-electron chi connectivity index (χ1n) is 6.12. The zero-order valence-corrected chi connectivity index (χ0v) is 12.5. The lowest BCUT2D eigenvalue weighted by molar-refractivity contribution is -0.137. The van der Waals surface area contributed by atoms with Crippen LogP contribution in [-0.2, 0) is 11.3 Å². The van der Waals surface area contributed by atoms with Crippen LogP contribution >= 0.6 is 23.2 Å². The van der Waals surface area contributed by atoms with Crippen LogP contribution in [0.5, 0.6) is 0 Å². The van der Waals surface area contributed by atoms with Crippen molar-refractivity contribution < 1.29 is 9.90 Å². The quantitative estimate of drug-likeness (QED) is 0.760. The van der Waals surface area contributed by atoms with Crippen LogP contribution < -0.4 is 5.73 Å². The van der Waals surface area contributed by atoms with Gasteiger partial charge in [-0.1, -0.05) is 29.3 Å². The van der Waals surface area contributed by atoms with E-state index in [1.807, 2.05) is 0 Å². The van der Waals surface area contributed by atoms with Crippen molar-refractivity contribution in [2.75, 3.05) is 5.73 Å². The van der Waals surface area contributed by atoms with Crippen molar-refractivity contribution >= 4 is 46.2 Å². The highest BCUT2D eigenvalue weighted by Gasteiger charge is 2.21. The van der Waals surface area contributed by atoms with Gasteiger partial charge in [-0.3, -0.25) is 9.36 Å². The number of carbonyl (C=O) groups is 1. The monoisotopic (exact) mass is 337 g/mol. The average molecular weight is 338 g/mol. The van der Waals surface area contributed by atoms with Crippen molar-refractivity contribution in [3.8, 4) is 11.4 Å². The molecule has 0 saturated carbocycles. The van der Waals surface area contributed by atoms with E-state index in [1.165, 1.54) is 10.9 Å². The second kappa shape index (κ2) is 5.43. The van der Waals surface area contributed by atoms with Crippen LogP contribution in [0.15, 0.2) is 24.5 Å². The number of hydrogen-bond acceptors (Lipinski definition) is 5. The van der Waals surface area contributed by atoms with Gasteiger partial charge in [-0.25, -0.2) is 15.0 Å². The standard InChI is InChI=1S/C13H9Cl2N5O2/c14-6-2-1-3-7(15)9(6)12-19-10-11(16)17-5-18-13(10)20(12)4-8(21)22/h1-3,5H,4H2,(H,21,22)(H2,16,17,18). The molecule has 0 atom stereocenters. The van der Waals surface area contributed by atoms with E-state index in [4.69, 9.17) is 34.0 Å². The maximum atomic E-state index is 11.2. The molecule has 0 spiro atoms. The minimum Gasteiger partial charge on any atom is -0.480 e. The molecule has 112 valence electrons. The normalized spacial score (nSPS) is 11.0. The number of carboxylic acid groups (broad SMARTS) is 1. The van der Waals surface area contributed by atoms with Crippen LogP contribution in [0.4, 0.5) is 5.82 Å². The van der Waals surface area contributed by atoms with E-state index < -0.39 is 5.97 Å². The predicted molar refractivity (Wildman–Crippen MR) is 82.8 cm³/mol. The molecule has 0 aliphatic heterocycles. The van der Waals surface area contributed by atoms with Crippen LogP contribution in [0.1, 0.15) is 0 Å². The first kappa shape index (κ1) is 14.6. The molecule has 22 heavy (non-hydrogen) atoms. The third kappa shape index (κ3) is 2.34. The van der Waals surface area contributed by atoms with Gasteiger partial charge in [-0.2, -0.15) is 0 Å². The zero-order chi connectivity index (χ0) is 15.9. The number of nitrogen functional groups attached to an aromatic ring is 1. The minimum absolute atomic E-state index is 0.151. The Morgan fingerprint density at radius 3 is 2.59 bits per heavy atom. The highest BCUT2D eigenvalue weighted by atomic mass is 35.5. The predicted octanol–water partition coefficient (Wildman–Crippen LogP) is 2.47. The first-order valence-corrected chi connectivity index (χ1v) is 6.87. The number of aromatic nitrogens is 4. The fraction of sp³-hybridized carbons (Fsp3) is 0.0769. The molecule has 0 aliphatic carbocycles. The fourth-order valence-electron chi connectivity index (χ4n) is 2.14. The Morgan fingerprint density at radius 1 is 1.27 bits per heavy atom. The summed E-state index contributed by atoms with van der Waals surface area (Å²) >= 11 is 12.4. The Morgan fingerprint density at radius 2 is 1.95 bits per heavy atom. The summed E-state index contributed by atoms with van der Waals surface area (Å²) in [6.07, 6.45) is 1.25. The number of anilines is 1. The van der Waals surface area contributed by atoms with Gasteiger partial charge in [0.25, 0.3) is 0 Å². The summed E-state index contributed by atoms with van der Waals surface area (Å²) in [6.45, 7) is -0.357. The maximum absolute atomic E-state index is 11.2. The van der Waals surface area contributed by atoms with E-state index in [0.717, 1.165) is 0 Å². The third-order valence-corrected chi connectivity index (χ3v) is 3.67. The third-order valence-electron chi connectivity index (χ3n) is 3.04. The Balaban J connectivity index is 2.38. The highest BCUT2D eigenvalue weighted by molar-refractivity contribution is 6.39. The lowest BCUT2D eigenvalue weighted by Gasteiger charge is -2.09. The number of carboxylic acids is 1. The molecule has 1 aromatic carbocycles. The van der Waals surface area contributed by atoms with E-state index in [9.17, 15) is 4.79 Å². The Bertz CT molecular complexity index is 873. The Kier molecular flexibility index (Phi) is 3.59. The Labute approximate surface area is 134 Å². The molecule has 0 bridgehead atoms. The lowest BCUT2D eigenvalue weighted by atomic mass is 10.2. The smallest absolute Gasteiger partial charge is 0.323 e. The topological polar surface area (TPSA) is 107 Å². The lowest BCUT2D eigenvalue weighted by Crippen LogP contribution is -2.11. The molecule has 0 radical (unpaired) electrons. The first-order chi connectivity index (χ1) is 10.5. The van der Waals surface area contributed by atoms with Crippen LogP contribution in [-0.4, -0.2) is 30.6 Å². The van der Waals surface area contributed by atoms with E-state index in [-0.39, 0.29) is 18.2 Å². The molecule has 3 aromatic rings. The van der Waals surface area contributed by atoms with Gasteiger partial charge >= 0.3 is 5.97 Å². The van der Waals surface area contributed by atoms with Crippen LogP contribution in [0.3, 0.4) is 0 Å². The molecule has 0 amide bonds. The highest BCUT2D eigenvalue weighted by Crippen LogP contribution is 2.35. The van der Waals surface area contributed by atoms with Crippen LogP contribution in [0, 0.1) is 0 Å². The summed E-state index contributed by atoms with van der Waals surface area (Å²) in [5, 5.41) is 9.83. The van der Waals surface area contributed by atoms with Crippen molar-refractivity contribution in [2.45, 2.75) is 6.54 Å². The van der Waals surface area contributed by atoms with Crippen molar-refractivity contribution in [1.82, 2.24) is 19.5 Å². The average Bonchev–Trinajstić information content (AvgIpc) is 2.79. The molecule has 3 N–H and O–H groups in total. The number of nitrogens with zero attached hydrogens (tertiary/aromatic N) is 4. The second-order valence-corrected chi connectivity index (χ2v) is 5.26. The van der Waals surface area contributed by atoms with Crippen molar-refractivity contribution in [2.24, 2.45) is 0 Å². The minimum atomic E-state index is -1.05. The molecule has 2 heterocycles. The molecule has 3 rings (SSSR count). The summed E-state index contributed by atoms with van der Waals surface area (Å²) < 4.78 is 1.39. The number of hydrogen-bond donors (Lipinski definition) is 2. The largest absolute Gasteiger partial charge is 0.480 e. The van der Waals surface area contributed by atoms with Gasteiger partial charge in [0.05, 0.1) is 15.6 Å². The van der Waals surface area contributed by atoms with Crippen LogP contribution in [0.2, 0.25) is 10.0 Å². The zero-order valence-electron chi connectivity index (χ0n) is 11.0. The number of fused-ring (bicyclic) bond motifs is 1. The SMILES string of the molecule is Nc1ncnc2c1nc(-c1c(Cl)cccc1Cl)n2CC(=O)O. The molecule has 2 aromatic heterocycles. The molecule has 7 nitrogen and oxygen atoms in total. The van der Waals surface area contributed by atoms with Gasteiger partial charge in [0.15, 0.2) is 17.0 Å². The van der Waals surface area contributed by atoms with Crippen molar-refractivity contribution in [3.05, 3.63) is 34.6 Å². The van der Waals surface area contributed by atoms with Gasteiger partial charge < -0.3 is 10.8 Å². The molecule has 9 heteroatoms. The number of nitrogens with two attached hydrogens (primary N) is 1. The van der Waals surface area contributed by atoms with Gasteiger partial charge in [0, 0.05) is 0 Å². The van der Waals surface area contributed by atoms with Crippen LogP contribution in [0.25, 0.3) is 22.6 Å². The number of imidazole rings is 1. The molecule has 0 aliphatic rings. The summed E-state index contributed by atoms with van der Waals surface area (Å²) in [5.41, 5.74) is 6.81.